The molecule has 1 N–H and O–H groups in total. The van der Waals surface area contributed by atoms with Crippen LogP contribution in [0.15, 0.2) is 54.1 Å². The third kappa shape index (κ3) is 3.37. The number of carbonyl (C=O) groups excluding carboxylic acids is 1. The van der Waals surface area contributed by atoms with Gasteiger partial charge in [0.15, 0.2) is 0 Å². The molecule has 26 heavy (non-hydrogen) atoms. The highest BCUT2D eigenvalue weighted by atomic mass is 16.2. The van der Waals surface area contributed by atoms with Gasteiger partial charge in [0.2, 0.25) is 0 Å². The third-order valence-electron chi connectivity index (χ3n) is 4.99. The van der Waals surface area contributed by atoms with E-state index in [4.69, 9.17) is 0 Å². The summed E-state index contributed by atoms with van der Waals surface area (Å²) in [6.45, 7) is 8.22. The molecule has 2 aliphatic rings. The number of aryl methyl sites for hydroxylation is 2. The largest absolute Gasteiger partial charge is 0.321 e. The number of carbonyl (C=O) groups is 1. The van der Waals surface area contributed by atoms with Gasteiger partial charge in [0.1, 0.15) is 0 Å². The quantitative estimate of drug-likeness (QED) is 0.648. The zero-order valence-electron chi connectivity index (χ0n) is 16.1. The number of hydrogen-bond acceptors (Lipinski definition) is 1. The molecule has 2 aromatic rings. The molecule has 0 unspecified atom stereocenters. The molecule has 0 atom stereocenters. The van der Waals surface area contributed by atoms with Crippen LogP contribution in [0.2, 0.25) is 0 Å². The van der Waals surface area contributed by atoms with Crippen LogP contribution in [0.4, 0.5) is 5.69 Å². The van der Waals surface area contributed by atoms with E-state index in [-0.39, 0.29) is 5.91 Å². The molecule has 2 nitrogen and oxygen atoms in total. The molecule has 2 aromatic carbocycles. The number of hydrogen-bond donors (Lipinski definition) is 1. The van der Waals surface area contributed by atoms with Gasteiger partial charge in [-0.05, 0) is 60.1 Å². The zero-order valence-corrected chi connectivity index (χ0v) is 16.1. The van der Waals surface area contributed by atoms with Crippen molar-refractivity contribution in [1.29, 1.82) is 0 Å². The molecular weight excluding hydrogens is 318 g/mol. The van der Waals surface area contributed by atoms with Crippen molar-refractivity contribution < 1.29 is 4.79 Å². The second-order valence-corrected chi connectivity index (χ2v) is 6.62. The normalized spacial score (nSPS) is 18.0. The molecule has 1 aliphatic carbocycles. The van der Waals surface area contributed by atoms with E-state index in [2.05, 4.69) is 54.7 Å². The molecule has 0 saturated carbocycles. The van der Waals surface area contributed by atoms with Gasteiger partial charge >= 0.3 is 0 Å². The maximum atomic E-state index is 12.5. The number of allylic oxidation sites excluding steroid dienone is 3. The zero-order chi connectivity index (χ0) is 18.7. The molecule has 4 rings (SSSR count). The van der Waals surface area contributed by atoms with Crippen LogP contribution in [0.25, 0.3) is 11.1 Å². The fraction of sp³-hybridized carbons (Fsp3) is 0.292. The Morgan fingerprint density at radius 3 is 2.42 bits per heavy atom. The fourth-order valence-corrected chi connectivity index (χ4v) is 3.61. The summed E-state index contributed by atoms with van der Waals surface area (Å²) in [6, 6.07) is 15.0. The van der Waals surface area contributed by atoms with Gasteiger partial charge in [0.05, 0.1) is 5.57 Å². The first-order valence-corrected chi connectivity index (χ1v) is 9.61. The van der Waals surface area contributed by atoms with Crippen molar-refractivity contribution in [3.63, 3.8) is 0 Å². The smallest absolute Gasteiger partial charge is 0.256 e. The number of amides is 1. The highest BCUT2D eigenvalue weighted by molar-refractivity contribution is 6.32. The van der Waals surface area contributed by atoms with E-state index in [0.717, 1.165) is 41.7 Å². The van der Waals surface area contributed by atoms with Crippen LogP contribution in [0, 0.1) is 6.92 Å². The Labute approximate surface area is 156 Å². The standard InChI is InChI=1S/C22H21NO.C2H6/c1-3-15-5-7-16(8-6-15)17-9-10-18(13-17)21-19-11-4-14(2)12-20(19)23-22(21)24;1-2/h4-8,11-13H,3,9-10H2,1-2H3,(H,23,24);1-2H3/b21-18-;. The van der Waals surface area contributed by atoms with Crippen LogP contribution >= 0.6 is 0 Å². The summed E-state index contributed by atoms with van der Waals surface area (Å²) in [5.41, 5.74) is 9.11. The van der Waals surface area contributed by atoms with Gasteiger partial charge in [-0.15, -0.1) is 0 Å². The number of fused-ring (bicyclic) bond motifs is 1. The summed E-state index contributed by atoms with van der Waals surface area (Å²) in [5, 5.41) is 3.01. The molecule has 0 bridgehead atoms. The molecule has 0 radical (unpaired) electrons. The molecule has 134 valence electrons. The van der Waals surface area contributed by atoms with Crippen LogP contribution < -0.4 is 5.32 Å². The van der Waals surface area contributed by atoms with E-state index in [1.54, 1.807) is 0 Å². The van der Waals surface area contributed by atoms with Crippen molar-refractivity contribution >= 4 is 22.7 Å². The van der Waals surface area contributed by atoms with Gasteiger partial charge in [-0.2, -0.15) is 0 Å². The predicted molar refractivity (Wildman–Crippen MR) is 111 cm³/mol. The Balaban J connectivity index is 0.000000948. The van der Waals surface area contributed by atoms with E-state index in [0.29, 0.717) is 0 Å². The highest BCUT2D eigenvalue weighted by Crippen LogP contribution is 2.40. The van der Waals surface area contributed by atoms with Crippen LogP contribution in [0.5, 0.6) is 0 Å². The van der Waals surface area contributed by atoms with Crippen LogP contribution in [-0.2, 0) is 11.2 Å². The lowest BCUT2D eigenvalue weighted by Gasteiger charge is -2.02. The van der Waals surface area contributed by atoms with Crippen molar-refractivity contribution in [2.24, 2.45) is 0 Å². The van der Waals surface area contributed by atoms with Gasteiger partial charge in [-0.25, -0.2) is 0 Å². The monoisotopic (exact) mass is 345 g/mol. The highest BCUT2D eigenvalue weighted by Gasteiger charge is 2.28. The fourth-order valence-electron chi connectivity index (χ4n) is 3.61. The summed E-state index contributed by atoms with van der Waals surface area (Å²) in [7, 11) is 0. The van der Waals surface area contributed by atoms with Gasteiger partial charge in [-0.3, -0.25) is 4.79 Å². The van der Waals surface area contributed by atoms with E-state index in [1.807, 2.05) is 26.8 Å². The Morgan fingerprint density at radius 1 is 1.00 bits per heavy atom. The van der Waals surface area contributed by atoms with E-state index >= 15 is 0 Å². The lowest BCUT2D eigenvalue weighted by atomic mass is 9.99. The maximum Gasteiger partial charge on any atom is 0.256 e. The summed E-state index contributed by atoms with van der Waals surface area (Å²) in [5.74, 6) is 0.0319. The first-order valence-electron chi connectivity index (χ1n) is 9.61. The van der Waals surface area contributed by atoms with Gasteiger partial charge < -0.3 is 5.32 Å². The van der Waals surface area contributed by atoms with E-state index < -0.39 is 0 Å². The second kappa shape index (κ2) is 7.74. The molecular formula is C24H27NO. The molecule has 0 spiro atoms. The maximum absolute atomic E-state index is 12.5. The first-order chi connectivity index (χ1) is 12.7. The van der Waals surface area contributed by atoms with Crippen molar-refractivity contribution in [2.45, 2.75) is 47.0 Å². The van der Waals surface area contributed by atoms with Gasteiger partial charge in [-0.1, -0.05) is 63.2 Å². The minimum atomic E-state index is 0.0319. The summed E-state index contributed by atoms with van der Waals surface area (Å²) >= 11 is 0. The topological polar surface area (TPSA) is 29.1 Å². The SMILES string of the molecule is CC.CCc1ccc(C2=C/C(=C3\C(=O)Nc4cc(C)ccc43)CC2)cc1. The molecule has 1 amide bonds. The average molecular weight is 345 g/mol. The van der Waals surface area contributed by atoms with Gasteiger partial charge in [0.25, 0.3) is 5.91 Å². The number of nitrogens with one attached hydrogen (secondary N) is 1. The second-order valence-electron chi connectivity index (χ2n) is 6.62. The Kier molecular flexibility index (Phi) is 5.41. The summed E-state index contributed by atoms with van der Waals surface area (Å²) < 4.78 is 0. The molecule has 1 heterocycles. The summed E-state index contributed by atoms with van der Waals surface area (Å²) in [6.07, 6.45) is 5.20. The minimum Gasteiger partial charge on any atom is -0.321 e. The van der Waals surface area contributed by atoms with Crippen molar-refractivity contribution in [2.75, 3.05) is 5.32 Å². The lowest BCUT2D eigenvalue weighted by molar-refractivity contribution is -0.110. The third-order valence-corrected chi connectivity index (χ3v) is 4.99. The molecule has 0 saturated heterocycles. The molecule has 0 aromatic heterocycles. The Bertz CT molecular complexity index is 885. The van der Waals surface area contributed by atoms with Crippen LogP contribution in [0.3, 0.4) is 0 Å². The number of anilines is 1. The van der Waals surface area contributed by atoms with Crippen LogP contribution in [0.1, 0.15) is 55.9 Å². The minimum absolute atomic E-state index is 0.0319. The van der Waals surface area contributed by atoms with E-state index in [1.165, 1.54) is 22.3 Å². The van der Waals surface area contributed by atoms with Crippen molar-refractivity contribution in [3.8, 4) is 0 Å². The number of benzene rings is 2. The Morgan fingerprint density at radius 2 is 1.73 bits per heavy atom. The van der Waals surface area contributed by atoms with Crippen LogP contribution in [-0.4, -0.2) is 5.91 Å². The molecule has 1 aliphatic heterocycles. The van der Waals surface area contributed by atoms with Crippen molar-refractivity contribution in [1.82, 2.24) is 0 Å². The predicted octanol–water partition coefficient (Wildman–Crippen LogP) is 6.17. The average Bonchev–Trinajstić information content (AvgIpc) is 3.26. The first kappa shape index (κ1) is 18.2. The summed E-state index contributed by atoms with van der Waals surface area (Å²) in [4.78, 5) is 12.5. The Hall–Kier alpha value is -2.61. The van der Waals surface area contributed by atoms with E-state index in [9.17, 15) is 4.79 Å². The molecule has 0 fully saturated rings. The van der Waals surface area contributed by atoms with Crippen molar-refractivity contribution in [3.05, 3.63) is 76.4 Å². The molecule has 2 heteroatoms. The van der Waals surface area contributed by atoms with Gasteiger partial charge in [0, 0.05) is 11.3 Å². The number of rotatable bonds is 2. The lowest BCUT2D eigenvalue weighted by Crippen LogP contribution is -2.05.